The predicted molar refractivity (Wildman–Crippen MR) is 153 cm³/mol. The first kappa shape index (κ1) is 25.7. The first-order valence-corrected chi connectivity index (χ1v) is 13.7. The summed E-state index contributed by atoms with van der Waals surface area (Å²) in [7, 11) is 4.95. The topological polar surface area (TPSA) is 75.1 Å². The zero-order valence-corrected chi connectivity index (χ0v) is 23.2. The third-order valence-corrected chi connectivity index (χ3v) is 9.29. The molecule has 39 heavy (non-hydrogen) atoms. The van der Waals surface area contributed by atoms with Crippen molar-refractivity contribution >= 4 is 39.9 Å². The van der Waals surface area contributed by atoms with Crippen LogP contribution in [-0.2, 0) is 22.6 Å². The molecule has 2 amide bonds. The first-order chi connectivity index (χ1) is 18.7. The Kier molecular flexibility index (Phi) is 6.31. The molecular formula is C30H32N4O4S. The van der Waals surface area contributed by atoms with Crippen molar-refractivity contribution in [3.63, 3.8) is 0 Å². The zero-order valence-electron chi connectivity index (χ0n) is 22.4. The first-order valence-electron chi connectivity index (χ1n) is 13.3. The number of pyridine rings is 1. The van der Waals surface area contributed by atoms with Crippen LogP contribution in [0.1, 0.15) is 23.6 Å². The highest BCUT2D eigenvalue weighted by Crippen LogP contribution is 2.41. The van der Waals surface area contributed by atoms with E-state index in [0.717, 1.165) is 40.7 Å². The molecule has 2 saturated heterocycles. The Morgan fingerprint density at radius 3 is 2.33 bits per heavy atom. The van der Waals surface area contributed by atoms with Gasteiger partial charge in [-0.2, -0.15) is 0 Å². The second-order valence-electron chi connectivity index (χ2n) is 11.1. The second kappa shape index (κ2) is 9.57. The van der Waals surface area contributed by atoms with Crippen molar-refractivity contribution in [2.75, 3.05) is 40.8 Å². The number of benzene rings is 2. The number of aromatic nitrogens is 1. The van der Waals surface area contributed by atoms with Crippen LogP contribution in [0.5, 0.6) is 5.75 Å². The maximum absolute atomic E-state index is 14.1. The summed E-state index contributed by atoms with van der Waals surface area (Å²) in [4.78, 5) is 45.9. The van der Waals surface area contributed by atoms with Crippen LogP contribution in [0.4, 0.5) is 0 Å². The van der Waals surface area contributed by atoms with Gasteiger partial charge in [0, 0.05) is 63.3 Å². The minimum Gasteiger partial charge on any atom is -0.496 e. The number of hydrogen-bond acceptors (Lipinski definition) is 6. The molecule has 0 N–H and O–H groups in total. The summed E-state index contributed by atoms with van der Waals surface area (Å²) in [6.07, 6.45) is 1.25. The molecule has 1 aromatic heterocycles. The molecule has 0 aliphatic carbocycles. The molecule has 3 aromatic rings. The van der Waals surface area contributed by atoms with Gasteiger partial charge in [0.05, 0.1) is 7.11 Å². The van der Waals surface area contributed by atoms with Gasteiger partial charge in [-0.25, -0.2) is 0 Å². The fourth-order valence-electron chi connectivity index (χ4n) is 6.97. The highest BCUT2D eigenvalue weighted by atomic mass is 32.1. The molecule has 2 fully saturated rings. The summed E-state index contributed by atoms with van der Waals surface area (Å²) in [6, 6.07) is 17.3. The van der Waals surface area contributed by atoms with Crippen LogP contribution in [0.15, 0.2) is 59.4 Å². The van der Waals surface area contributed by atoms with Crippen molar-refractivity contribution in [1.29, 1.82) is 0 Å². The number of carbonyl (C=O) groups is 2. The van der Waals surface area contributed by atoms with Crippen LogP contribution in [0.2, 0.25) is 0 Å². The fourth-order valence-corrected chi connectivity index (χ4v) is 7.14. The summed E-state index contributed by atoms with van der Waals surface area (Å²) in [5, 5.41) is 2.11. The molecule has 0 spiro atoms. The smallest absolute Gasteiger partial charge is 0.250 e. The number of piperidine rings is 1. The number of rotatable bonds is 5. The standard InChI is InChI=1S/C30H32N4O4S/c1-31-27(36)30(28(37)32(2)29(31)39,14-20-11-12-25(38-3)23-8-5-4-7-22(20)23)18-33-15-19-13-21(17-33)24-9-6-10-26(35)34(24)16-19/h4-12,19,21H,13-18H2,1-3H3/t19-,21-/m0/s1. The van der Waals surface area contributed by atoms with E-state index in [1.807, 2.05) is 53.1 Å². The van der Waals surface area contributed by atoms with E-state index < -0.39 is 5.41 Å². The number of amides is 2. The van der Waals surface area contributed by atoms with E-state index in [9.17, 15) is 14.4 Å². The Bertz CT molecular complexity index is 1540. The molecule has 2 aromatic carbocycles. The van der Waals surface area contributed by atoms with Crippen molar-refractivity contribution in [1.82, 2.24) is 19.3 Å². The molecule has 3 aliphatic heterocycles. The number of methoxy groups -OCH3 is 1. The van der Waals surface area contributed by atoms with E-state index in [-0.39, 0.29) is 47.3 Å². The van der Waals surface area contributed by atoms with Gasteiger partial charge in [0.15, 0.2) is 5.11 Å². The molecule has 3 aliphatic rings. The molecule has 202 valence electrons. The number of nitrogens with zero attached hydrogens (tertiary/aromatic N) is 4. The predicted octanol–water partition coefficient (Wildman–Crippen LogP) is 2.87. The lowest BCUT2D eigenvalue weighted by Gasteiger charge is -2.48. The lowest BCUT2D eigenvalue weighted by molar-refractivity contribution is -0.157. The summed E-state index contributed by atoms with van der Waals surface area (Å²) < 4.78 is 7.48. The maximum Gasteiger partial charge on any atom is 0.250 e. The zero-order chi connectivity index (χ0) is 27.5. The van der Waals surface area contributed by atoms with Gasteiger partial charge in [-0.3, -0.25) is 24.2 Å². The molecule has 4 heterocycles. The summed E-state index contributed by atoms with van der Waals surface area (Å²) in [5.41, 5.74) is 0.644. The normalized spacial score (nSPS) is 22.8. The Morgan fingerprint density at radius 1 is 0.897 bits per heavy atom. The number of carbonyl (C=O) groups excluding carboxylic acids is 2. The van der Waals surface area contributed by atoms with Crippen molar-refractivity contribution in [3.05, 3.63) is 76.2 Å². The van der Waals surface area contributed by atoms with Gasteiger partial charge >= 0.3 is 0 Å². The third-order valence-electron chi connectivity index (χ3n) is 8.74. The van der Waals surface area contributed by atoms with Crippen LogP contribution in [-0.4, -0.2) is 77.0 Å². The molecular weight excluding hydrogens is 512 g/mol. The quantitative estimate of drug-likeness (QED) is 0.363. The Balaban J connectivity index is 1.41. The van der Waals surface area contributed by atoms with E-state index in [0.29, 0.717) is 13.1 Å². The van der Waals surface area contributed by atoms with Crippen LogP contribution < -0.4 is 10.3 Å². The molecule has 6 rings (SSSR count). The molecule has 2 atom stereocenters. The number of fused-ring (bicyclic) bond motifs is 5. The van der Waals surface area contributed by atoms with E-state index in [4.69, 9.17) is 17.0 Å². The molecule has 0 radical (unpaired) electrons. The second-order valence-corrected chi connectivity index (χ2v) is 11.5. The molecule has 9 heteroatoms. The summed E-state index contributed by atoms with van der Waals surface area (Å²) >= 11 is 5.46. The lowest BCUT2D eigenvalue weighted by Crippen LogP contribution is -2.67. The van der Waals surface area contributed by atoms with E-state index in [1.54, 1.807) is 27.3 Å². The van der Waals surface area contributed by atoms with Crippen molar-refractivity contribution in [3.8, 4) is 5.75 Å². The van der Waals surface area contributed by atoms with Crippen LogP contribution >= 0.6 is 12.2 Å². The average molecular weight is 545 g/mol. The number of hydrogen-bond donors (Lipinski definition) is 0. The highest BCUT2D eigenvalue weighted by Gasteiger charge is 2.55. The molecule has 0 unspecified atom stereocenters. The molecule has 2 bridgehead atoms. The van der Waals surface area contributed by atoms with Gasteiger partial charge < -0.3 is 14.2 Å². The maximum atomic E-state index is 14.1. The van der Waals surface area contributed by atoms with Gasteiger partial charge in [-0.1, -0.05) is 36.4 Å². The largest absolute Gasteiger partial charge is 0.496 e. The Morgan fingerprint density at radius 2 is 1.62 bits per heavy atom. The van der Waals surface area contributed by atoms with Gasteiger partial charge in [0.25, 0.3) is 5.56 Å². The van der Waals surface area contributed by atoms with E-state index in [2.05, 4.69) is 4.90 Å². The summed E-state index contributed by atoms with van der Waals surface area (Å²) in [6.45, 7) is 2.35. The molecule has 8 nitrogen and oxygen atoms in total. The highest BCUT2D eigenvalue weighted by molar-refractivity contribution is 7.80. The number of thiocarbonyl (C=S) groups is 1. The minimum absolute atomic E-state index is 0.0351. The minimum atomic E-state index is -1.34. The average Bonchev–Trinajstić information content (AvgIpc) is 2.95. The van der Waals surface area contributed by atoms with Crippen LogP contribution in [0.3, 0.4) is 0 Å². The third kappa shape index (κ3) is 4.06. The summed E-state index contributed by atoms with van der Waals surface area (Å²) in [5.74, 6) is 0.653. The SMILES string of the molecule is COc1ccc(CC2(CN3C[C@@H]4C[C@@H](C3)c3cccc(=O)n3C4)C(=O)N(C)C(=S)N(C)C2=O)c2ccccc12. The fraction of sp³-hybridized carbons (Fsp3) is 0.400. The van der Waals surface area contributed by atoms with Crippen molar-refractivity contribution in [2.45, 2.75) is 25.3 Å². The Hall–Kier alpha value is -3.56. The molecule has 0 saturated carbocycles. The van der Waals surface area contributed by atoms with Crippen molar-refractivity contribution in [2.24, 2.45) is 11.3 Å². The Labute approximate surface area is 232 Å². The van der Waals surface area contributed by atoms with Gasteiger partial charge in [0.2, 0.25) is 11.8 Å². The van der Waals surface area contributed by atoms with Crippen LogP contribution in [0, 0.1) is 11.3 Å². The lowest BCUT2D eigenvalue weighted by atomic mass is 9.74. The van der Waals surface area contributed by atoms with Gasteiger partial charge in [-0.05, 0) is 54.1 Å². The monoisotopic (exact) mass is 544 g/mol. The van der Waals surface area contributed by atoms with Gasteiger partial charge in [0.1, 0.15) is 11.2 Å². The van der Waals surface area contributed by atoms with Gasteiger partial charge in [-0.15, -0.1) is 0 Å². The van der Waals surface area contributed by atoms with Crippen molar-refractivity contribution < 1.29 is 14.3 Å². The number of ether oxygens (including phenoxy) is 1. The van der Waals surface area contributed by atoms with Crippen LogP contribution in [0.25, 0.3) is 10.8 Å². The van der Waals surface area contributed by atoms with E-state index in [1.165, 1.54) is 9.80 Å². The number of likely N-dealkylation sites (tertiary alicyclic amines) is 1. The van der Waals surface area contributed by atoms with E-state index >= 15 is 0 Å².